The van der Waals surface area contributed by atoms with Crippen molar-refractivity contribution in [1.29, 1.82) is 0 Å². The largest absolute Gasteiger partial charge is 0.457 e. The Morgan fingerprint density at radius 2 is 1.81 bits per heavy atom. The Labute approximate surface area is 217 Å². The monoisotopic (exact) mass is 513 g/mol. The third-order valence-corrected chi connectivity index (χ3v) is 5.86. The zero-order valence-electron chi connectivity index (χ0n) is 19.1. The molecule has 2 N–H and O–H groups in total. The van der Waals surface area contributed by atoms with Gasteiger partial charge in [-0.05, 0) is 73.2 Å². The molecule has 0 radical (unpaired) electrons. The van der Waals surface area contributed by atoms with Crippen molar-refractivity contribution in [2.24, 2.45) is 0 Å². The molecular formula is C28H20ClN3O3S. The number of aromatic nitrogens is 1. The van der Waals surface area contributed by atoms with E-state index in [1.165, 1.54) is 6.08 Å². The molecule has 0 spiro atoms. The topological polar surface area (TPSA) is 80.3 Å². The molecule has 0 saturated carbocycles. The summed E-state index contributed by atoms with van der Waals surface area (Å²) in [6.07, 6.45) is 2.92. The number of thiocarbonyl (C=S) groups is 1. The summed E-state index contributed by atoms with van der Waals surface area (Å²) < 4.78 is 11.6. The maximum atomic E-state index is 12.4. The van der Waals surface area contributed by atoms with Crippen LogP contribution in [0.3, 0.4) is 0 Å². The highest BCUT2D eigenvalue weighted by atomic mass is 35.5. The predicted octanol–water partition coefficient (Wildman–Crippen LogP) is 7.24. The van der Waals surface area contributed by atoms with Crippen LogP contribution in [0.4, 0.5) is 5.69 Å². The second-order valence-corrected chi connectivity index (χ2v) is 8.85. The first kappa shape index (κ1) is 23.5. The molecule has 0 aliphatic rings. The Hall–Kier alpha value is -4.20. The summed E-state index contributed by atoms with van der Waals surface area (Å²) in [5.41, 5.74) is 4.76. The van der Waals surface area contributed by atoms with Gasteiger partial charge in [-0.1, -0.05) is 48.0 Å². The number of nitrogens with one attached hydrogen (secondary N) is 2. The van der Waals surface area contributed by atoms with Gasteiger partial charge in [-0.3, -0.25) is 10.1 Å². The molecule has 0 aliphatic carbocycles. The third-order valence-electron chi connectivity index (χ3n) is 5.33. The molecule has 2 heterocycles. The van der Waals surface area contributed by atoms with E-state index in [0.29, 0.717) is 27.9 Å². The maximum Gasteiger partial charge on any atom is 0.250 e. The van der Waals surface area contributed by atoms with Gasteiger partial charge in [0.1, 0.15) is 17.0 Å². The van der Waals surface area contributed by atoms with Crippen LogP contribution in [0.15, 0.2) is 93.8 Å². The van der Waals surface area contributed by atoms with Crippen LogP contribution in [-0.2, 0) is 4.79 Å². The van der Waals surface area contributed by atoms with E-state index in [2.05, 4.69) is 15.6 Å². The number of furan rings is 1. The summed E-state index contributed by atoms with van der Waals surface area (Å²) >= 11 is 11.6. The lowest BCUT2D eigenvalue weighted by molar-refractivity contribution is -0.115. The molecule has 0 unspecified atom stereocenters. The quantitative estimate of drug-likeness (QED) is 0.190. The zero-order valence-corrected chi connectivity index (χ0v) is 20.7. The fourth-order valence-electron chi connectivity index (χ4n) is 3.58. The number of carbonyl (C=O) groups excluding carboxylic acids is 1. The number of fused-ring (bicyclic) bond motifs is 1. The lowest BCUT2D eigenvalue weighted by atomic mass is 10.2. The minimum absolute atomic E-state index is 0.0984. The number of hydrogen-bond acceptors (Lipinski definition) is 5. The standard InChI is InChI=1S/C28H20ClN3O3S/c1-17-7-12-25-23(15-17)30-27(35-25)19-8-11-21(29)22(16-19)31-28(36)32-26(33)14-10-20-9-13-24(34-20)18-5-3-2-4-6-18/h2-16H,1H3,(H2,31,32,33,36)/b14-10+. The molecule has 0 atom stereocenters. The number of oxazole rings is 1. The minimum atomic E-state index is -0.410. The second kappa shape index (κ2) is 10.2. The third kappa shape index (κ3) is 5.38. The van der Waals surface area contributed by atoms with Gasteiger partial charge in [-0.25, -0.2) is 4.98 Å². The molecule has 178 valence electrons. The lowest BCUT2D eigenvalue weighted by Gasteiger charge is -2.10. The fraction of sp³-hybridized carbons (Fsp3) is 0.0357. The van der Waals surface area contributed by atoms with Crippen molar-refractivity contribution in [3.05, 3.63) is 101 Å². The van der Waals surface area contributed by atoms with Crippen LogP contribution in [-0.4, -0.2) is 16.0 Å². The van der Waals surface area contributed by atoms with E-state index >= 15 is 0 Å². The van der Waals surface area contributed by atoms with Crippen molar-refractivity contribution in [3.63, 3.8) is 0 Å². The Morgan fingerprint density at radius 1 is 0.972 bits per heavy atom. The number of benzene rings is 3. The molecule has 5 aromatic rings. The van der Waals surface area contributed by atoms with Crippen LogP contribution in [0, 0.1) is 6.92 Å². The fourth-order valence-corrected chi connectivity index (χ4v) is 3.96. The number of rotatable bonds is 5. The Balaban J connectivity index is 1.24. The second-order valence-electron chi connectivity index (χ2n) is 8.03. The Morgan fingerprint density at radius 3 is 2.64 bits per heavy atom. The number of aryl methyl sites for hydroxylation is 1. The van der Waals surface area contributed by atoms with Crippen LogP contribution < -0.4 is 10.6 Å². The predicted molar refractivity (Wildman–Crippen MR) is 147 cm³/mol. The molecule has 0 aliphatic heterocycles. The van der Waals surface area contributed by atoms with Crippen molar-refractivity contribution in [2.75, 3.05) is 5.32 Å². The molecule has 1 amide bonds. The molecule has 5 rings (SSSR count). The van der Waals surface area contributed by atoms with Gasteiger partial charge in [0.2, 0.25) is 11.8 Å². The average molecular weight is 514 g/mol. The first-order valence-corrected chi connectivity index (χ1v) is 11.9. The molecule has 0 saturated heterocycles. The van der Waals surface area contributed by atoms with Gasteiger partial charge in [0, 0.05) is 17.2 Å². The molecule has 2 aromatic heterocycles. The summed E-state index contributed by atoms with van der Waals surface area (Å²) in [6.45, 7) is 2.00. The van der Waals surface area contributed by atoms with Gasteiger partial charge >= 0.3 is 0 Å². The van der Waals surface area contributed by atoms with Crippen LogP contribution >= 0.6 is 23.8 Å². The van der Waals surface area contributed by atoms with Gasteiger partial charge in [0.05, 0.1) is 10.7 Å². The summed E-state index contributed by atoms with van der Waals surface area (Å²) in [5.74, 6) is 1.32. The highest BCUT2D eigenvalue weighted by molar-refractivity contribution is 7.80. The van der Waals surface area contributed by atoms with Crippen LogP contribution in [0.2, 0.25) is 5.02 Å². The first-order chi connectivity index (χ1) is 17.4. The van der Waals surface area contributed by atoms with Crippen LogP contribution in [0.25, 0.3) is 40.0 Å². The number of carbonyl (C=O) groups is 1. The minimum Gasteiger partial charge on any atom is -0.457 e. The summed E-state index contributed by atoms with van der Waals surface area (Å²) in [4.78, 5) is 16.9. The van der Waals surface area contributed by atoms with Crippen molar-refractivity contribution in [2.45, 2.75) is 6.92 Å². The first-order valence-electron chi connectivity index (χ1n) is 11.1. The van der Waals surface area contributed by atoms with Crippen LogP contribution in [0.5, 0.6) is 0 Å². The van der Waals surface area contributed by atoms with Crippen molar-refractivity contribution >= 4 is 57.7 Å². The lowest BCUT2D eigenvalue weighted by Crippen LogP contribution is -2.32. The number of anilines is 1. The summed E-state index contributed by atoms with van der Waals surface area (Å²) in [7, 11) is 0. The number of halogens is 1. The molecule has 3 aromatic carbocycles. The van der Waals surface area contributed by atoms with Crippen LogP contribution in [0.1, 0.15) is 11.3 Å². The van der Waals surface area contributed by atoms with Crippen molar-refractivity contribution < 1.29 is 13.6 Å². The van der Waals surface area contributed by atoms with Gasteiger partial charge in [-0.2, -0.15) is 0 Å². The van der Waals surface area contributed by atoms with Crippen molar-refractivity contribution in [1.82, 2.24) is 10.3 Å². The van der Waals surface area contributed by atoms with E-state index in [1.54, 1.807) is 24.3 Å². The van der Waals surface area contributed by atoms with Gasteiger partial charge < -0.3 is 14.2 Å². The smallest absolute Gasteiger partial charge is 0.250 e. The molecule has 6 nitrogen and oxygen atoms in total. The Bertz CT molecular complexity index is 1610. The molecule has 36 heavy (non-hydrogen) atoms. The maximum absolute atomic E-state index is 12.4. The van der Waals surface area contributed by atoms with E-state index in [4.69, 9.17) is 32.7 Å². The highest BCUT2D eigenvalue weighted by Crippen LogP contribution is 2.30. The van der Waals surface area contributed by atoms with Gasteiger partial charge in [0.15, 0.2) is 10.7 Å². The van der Waals surface area contributed by atoms with Crippen molar-refractivity contribution in [3.8, 4) is 22.8 Å². The average Bonchev–Trinajstić information content (AvgIpc) is 3.51. The molecular weight excluding hydrogens is 494 g/mol. The Kier molecular flexibility index (Phi) is 6.66. The summed E-state index contributed by atoms with van der Waals surface area (Å²) in [5, 5.41) is 6.10. The van der Waals surface area contributed by atoms with E-state index in [-0.39, 0.29) is 5.11 Å². The van der Waals surface area contributed by atoms with E-state index in [1.807, 2.05) is 67.6 Å². The van der Waals surface area contributed by atoms with E-state index in [9.17, 15) is 4.79 Å². The van der Waals surface area contributed by atoms with Gasteiger partial charge in [-0.15, -0.1) is 0 Å². The van der Waals surface area contributed by atoms with Gasteiger partial charge in [0.25, 0.3) is 0 Å². The summed E-state index contributed by atoms with van der Waals surface area (Å²) in [6, 6.07) is 24.5. The molecule has 0 fully saturated rings. The van der Waals surface area contributed by atoms with E-state index < -0.39 is 5.91 Å². The molecule has 8 heteroatoms. The highest BCUT2D eigenvalue weighted by Gasteiger charge is 2.12. The normalized spacial score (nSPS) is 11.2. The SMILES string of the molecule is Cc1ccc2oc(-c3ccc(Cl)c(NC(=S)NC(=O)/C=C/c4ccc(-c5ccccc5)o4)c3)nc2c1. The van der Waals surface area contributed by atoms with E-state index in [0.717, 1.165) is 28.0 Å². The number of nitrogens with zero attached hydrogens (tertiary/aromatic N) is 1. The molecule has 0 bridgehead atoms. The number of hydrogen-bond donors (Lipinski definition) is 2. The zero-order chi connectivity index (χ0) is 25.1. The number of amides is 1.